The zero-order chi connectivity index (χ0) is 26.1. The minimum absolute atomic E-state index is 0.0813. The first-order valence-corrected chi connectivity index (χ1v) is 14.4. The fourth-order valence-corrected chi connectivity index (χ4v) is 10.3. The lowest BCUT2D eigenvalue weighted by molar-refractivity contribution is -0.163. The van der Waals surface area contributed by atoms with Gasteiger partial charge in [-0.05, 0) is 74.6 Å². The van der Waals surface area contributed by atoms with Crippen LogP contribution in [0.2, 0.25) is 0 Å². The van der Waals surface area contributed by atoms with Gasteiger partial charge in [-0.25, -0.2) is 0 Å². The predicted octanol–water partition coefficient (Wildman–Crippen LogP) is 5.10. The first-order valence-electron chi connectivity index (χ1n) is 13.2. The molecule has 2 aliphatic heterocycles. The van der Waals surface area contributed by atoms with Gasteiger partial charge in [0.15, 0.2) is 0 Å². The molecule has 3 fully saturated rings. The van der Waals surface area contributed by atoms with Gasteiger partial charge >= 0.3 is 11.9 Å². The Labute approximate surface area is 221 Å². The highest BCUT2D eigenvalue weighted by Crippen LogP contribution is 2.78. The van der Waals surface area contributed by atoms with Crippen molar-refractivity contribution in [2.24, 2.45) is 11.3 Å². The zero-order valence-electron chi connectivity index (χ0n) is 21.8. The van der Waals surface area contributed by atoms with Crippen LogP contribution in [0.15, 0.2) is 71.8 Å². The Hall–Kier alpha value is -2.73. The van der Waals surface area contributed by atoms with Gasteiger partial charge in [-0.3, -0.25) is 13.8 Å². The number of fused-ring (bicyclic) bond motifs is 3. The summed E-state index contributed by atoms with van der Waals surface area (Å²) in [6.07, 6.45) is 4.53. The van der Waals surface area contributed by atoms with Gasteiger partial charge in [0.1, 0.15) is 5.60 Å². The average molecular weight is 519 g/mol. The summed E-state index contributed by atoms with van der Waals surface area (Å²) < 4.78 is 24.2. The molecule has 2 bridgehead atoms. The van der Waals surface area contributed by atoms with Crippen molar-refractivity contribution >= 4 is 22.7 Å². The predicted molar refractivity (Wildman–Crippen MR) is 142 cm³/mol. The molecule has 2 aromatic rings. The summed E-state index contributed by atoms with van der Waals surface area (Å²) >= 11 is 0. The van der Waals surface area contributed by atoms with Gasteiger partial charge in [0.05, 0.1) is 28.9 Å². The van der Waals surface area contributed by atoms with E-state index in [1.54, 1.807) is 0 Å². The number of carbonyl (C=O) groups excluding carboxylic acids is 2. The fraction of sp³-hybridized carbons (Fsp3) is 0.484. The zero-order valence-corrected chi connectivity index (χ0v) is 22.6. The minimum atomic E-state index is -1.28. The van der Waals surface area contributed by atoms with Crippen LogP contribution in [-0.2, 0) is 42.7 Å². The van der Waals surface area contributed by atoms with Gasteiger partial charge < -0.3 is 9.47 Å². The Kier molecular flexibility index (Phi) is 5.58. The molecular weight excluding hydrogens is 484 g/mol. The smallest absolute Gasteiger partial charge is 0.311 e. The fourth-order valence-electron chi connectivity index (χ4n) is 7.37. The molecule has 0 amide bonds. The van der Waals surface area contributed by atoms with E-state index in [9.17, 15) is 13.8 Å². The van der Waals surface area contributed by atoms with Gasteiger partial charge in [-0.2, -0.15) is 0 Å². The quantitative estimate of drug-likeness (QED) is 0.359. The summed E-state index contributed by atoms with van der Waals surface area (Å²) in [7, 11) is 0.0721. The molecule has 194 valence electrons. The molecule has 0 radical (unpaired) electrons. The maximum Gasteiger partial charge on any atom is 0.311 e. The Morgan fingerprint density at radius 1 is 0.865 bits per heavy atom. The largest absolute Gasteiger partial charge is 0.469 e. The number of rotatable bonds is 8. The highest BCUT2D eigenvalue weighted by atomic mass is 32.2. The average Bonchev–Trinajstić information content (AvgIpc) is 3.82. The molecule has 37 heavy (non-hydrogen) atoms. The van der Waals surface area contributed by atoms with Crippen LogP contribution in [0.4, 0.5) is 0 Å². The lowest BCUT2D eigenvalue weighted by Gasteiger charge is -2.41. The van der Waals surface area contributed by atoms with Crippen LogP contribution in [0.5, 0.6) is 0 Å². The molecule has 1 spiro atoms. The summed E-state index contributed by atoms with van der Waals surface area (Å²) in [6, 6.07) is 20.6. The highest BCUT2D eigenvalue weighted by molar-refractivity contribution is 7.89. The number of benzene rings is 2. The van der Waals surface area contributed by atoms with E-state index in [-0.39, 0.29) is 23.8 Å². The summed E-state index contributed by atoms with van der Waals surface area (Å²) in [5.41, 5.74) is 3.58. The maximum atomic E-state index is 14.6. The van der Waals surface area contributed by atoms with Gasteiger partial charge in [-0.15, -0.1) is 0 Å². The van der Waals surface area contributed by atoms with Crippen molar-refractivity contribution in [2.45, 2.75) is 73.9 Å². The van der Waals surface area contributed by atoms with Crippen LogP contribution in [0.25, 0.3) is 0 Å². The van der Waals surface area contributed by atoms with Crippen molar-refractivity contribution in [3.05, 3.63) is 82.9 Å². The van der Waals surface area contributed by atoms with E-state index in [1.807, 2.05) is 43.3 Å². The van der Waals surface area contributed by atoms with E-state index >= 15 is 0 Å². The van der Waals surface area contributed by atoms with E-state index in [1.165, 1.54) is 18.2 Å². The molecule has 6 rings (SSSR count). The minimum Gasteiger partial charge on any atom is -0.469 e. The Bertz CT molecular complexity index is 1310. The molecule has 2 saturated carbocycles. The van der Waals surface area contributed by atoms with Gasteiger partial charge in [0, 0.05) is 16.2 Å². The Morgan fingerprint density at radius 2 is 1.41 bits per heavy atom. The normalized spacial score (nSPS) is 31.9. The van der Waals surface area contributed by atoms with Crippen LogP contribution in [0.1, 0.15) is 57.1 Å². The van der Waals surface area contributed by atoms with Crippen LogP contribution in [0.3, 0.4) is 0 Å². The molecule has 1 saturated heterocycles. The SMILES string of the molecule is COC(=O)CC1(OC(=O)[C@H]2C3(CC3)[C@@]3(C)C(Cc4ccccc4)=C(Cc4ccccc4)[C@]2(C)S3=O)CC1. The lowest BCUT2D eigenvalue weighted by Crippen LogP contribution is -2.48. The number of ether oxygens (including phenoxy) is 2. The number of hydrogen-bond donors (Lipinski definition) is 0. The van der Waals surface area contributed by atoms with Crippen molar-refractivity contribution in [1.82, 2.24) is 0 Å². The molecule has 2 aromatic carbocycles. The molecule has 4 atom stereocenters. The third kappa shape index (κ3) is 3.51. The van der Waals surface area contributed by atoms with Crippen LogP contribution in [0, 0.1) is 11.3 Å². The Morgan fingerprint density at radius 3 is 1.89 bits per heavy atom. The maximum absolute atomic E-state index is 14.6. The first-order chi connectivity index (χ1) is 17.7. The molecule has 0 aromatic heterocycles. The van der Waals surface area contributed by atoms with E-state index in [0.717, 1.165) is 30.4 Å². The molecule has 2 aliphatic carbocycles. The standard InChI is InChI=1S/C31H34O5S/c1-28-23(18-21-10-6-4-7-11-21)24(19-22-12-8-5-9-13-22)29(2,37(28)34)31(16-17-31)26(28)27(33)36-30(14-15-30)20-25(32)35-3/h4-13,26H,14-20H2,1-3H3/t26-,28+,29-,37?/m1/s1. The van der Waals surface area contributed by atoms with Crippen LogP contribution in [-0.4, -0.2) is 38.4 Å². The summed E-state index contributed by atoms with van der Waals surface area (Å²) in [4.78, 5) is 26.0. The summed E-state index contributed by atoms with van der Waals surface area (Å²) in [5.74, 6) is -1.14. The van der Waals surface area contributed by atoms with E-state index in [0.29, 0.717) is 19.3 Å². The molecular formula is C31H34O5S. The number of methoxy groups -OCH3 is 1. The third-order valence-electron chi connectivity index (χ3n) is 9.64. The molecule has 2 heterocycles. The highest BCUT2D eigenvalue weighted by Gasteiger charge is 2.83. The van der Waals surface area contributed by atoms with Gasteiger partial charge in [-0.1, -0.05) is 60.7 Å². The van der Waals surface area contributed by atoms with Crippen LogP contribution < -0.4 is 0 Å². The first kappa shape index (κ1) is 24.6. The second kappa shape index (κ2) is 8.39. The molecule has 0 N–H and O–H groups in total. The second-order valence-electron chi connectivity index (χ2n) is 11.6. The van der Waals surface area contributed by atoms with Crippen LogP contribution >= 0.6 is 0 Å². The monoisotopic (exact) mass is 518 g/mol. The molecule has 4 aliphatic rings. The topological polar surface area (TPSA) is 69.7 Å². The summed E-state index contributed by atoms with van der Waals surface area (Å²) in [6.45, 7) is 4.18. The van der Waals surface area contributed by atoms with Crippen molar-refractivity contribution in [3.8, 4) is 0 Å². The Balaban J connectivity index is 1.44. The van der Waals surface area contributed by atoms with E-state index in [2.05, 4.69) is 31.2 Å². The molecule has 5 nitrogen and oxygen atoms in total. The third-order valence-corrected chi connectivity index (χ3v) is 12.3. The summed E-state index contributed by atoms with van der Waals surface area (Å²) in [5, 5.41) is 0. The van der Waals surface area contributed by atoms with Crippen molar-refractivity contribution in [2.75, 3.05) is 7.11 Å². The molecule has 1 unspecified atom stereocenters. The second-order valence-corrected chi connectivity index (χ2v) is 13.8. The van der Waals surface area contributed by atoms with Gasteiger partial charge in [0.2, 0.25) is 0 Å². The van der Waals surface area contributed by atoms with Crippen molar-refractivity contribution in [3.63, 3.8) is 0 Å². The lowest BCUT2D eigenvalue weighted by atomic mass is 9.60. The van der Waals surface area contributed by atoms with E-state index in [4.69, 9.17) is 9.47 Å². The number of carbonyl (C=O) groups is 2. The van der Waals surface area contributed by atoms with Crippen molar-refractivity contribution in [1.29, 1.82) is 0 Å². The van der Waals surface area contributed by atoms with Gasteiger partial charge in [0.25, 0.3) is 0 Å². The number of esters is 2. The van der Waals surface area contributed by atoms with Crippen molar-refractivity contribution < 1.29 is 23.3 Å². The number of hydrogen-bond acceptors (Lipinski definition) is 5. The van der Waals surface area contributed by atoms with E-state index < -0.39 is 31.8 Å². The molecule has 6 heteroatoms.